The van der Waals surface area contributed by atoms with Crippen LogP contribution in [0.15, 0.2) is 22.0 Å². The number of benzene rings is 1. The summed E-state index contributed by atoms with van der Waals surface area (Å²) in [6.07, 6.45) is 1.10. The lowest BCUT2D eigenvalue weighted by atomic mass is 10.0. The second-order valence-corrected chi connectivity index (χ2v) is 4.95. The van der Waals surface area contributed by atoms with Gasteiger partial charge in [-0.2, -0.15) is 0 Å². The molecule has 0 saturated carbocycles. The van der Waals surface area contributed by atoms with E-state index in [1.54, 1.807) is 11.3 Å². The Morgan fingerprint density at radius 3 is 2.92 bits per heavy atom. The van der Waals surface area contributed by atoms with Crippen molar-refractivity contribution in [3.05, 3.63) is 33.1 Å². The Labute approximate surface area is 90.7 Å². The van der Waals surface area contributed by atoms with Crippen molar-refractivity contribution >= 4 is 37.4 Å². The van der Waals surface area contributed by atoms with Crippen LogP contribution in [-0.4, -0.2) is 0 Å². The lowest BCUT2D eigenvalue weighted by Gasteiger charge is -2.07. The first-order valence-corrected chi connectivity index (χ1v) is 6.06. The molecule has 0 nitrogen and oxygen atoms in total. The lowest BCUT2D eigenvalue weighted by Crippen LogP contribution is -1.88. The number of hydrogen-bond acceptors (Lipinski definition) is 1. The van der Waals surface area contributed by atoms with Gasteiger partial charge in [0.2, 0.25) is 0 Å². The third-order valence-corrected chi connectivity index (χ3v) is 4.02. The first-order chi connectivity index (χ1) is 6.24. The Bertz CT molecular complexity index is 443. The molecule has 0 amide bonds. The molecule has 0 saturated heterocycles. The van der Waals surface area contributed by atoms with Crippen LogP contribution in [0, 0.1) is 6.92 Å². The van der Waals surface area contributed by atoms with Gasteiger partial charge >= 0.3 is 0 Å². The monoisotopic (exact) mass is 254 g/mol. The SMILES string of the molecule is CCc1c(Br)cc2sccc2c1C. The molecule has 0 fully saturated rings. The van der Waals surface area contributed by atoms with Gasteiger partial charge in [0, 0.05) is 9.17 Å². The van der Waals surface area contributed by atoms with Crippen LogP contribution in [-0.2, 0) is 6.42 Å². The van der Waals surface area contributed by atoms with E-state index in [2.05, 4.69) is 47.3 Å². The molecule has 0 radical (unpaired) electrons. The average Bonchev–Trinajstić information content (AvgIpc) is 2.53. The Kier molecular flexibility index (Phi) is 2.43. The highest BCUT2D eigenvalue weighted by Gasteiger charge is 2.07. The largest absolute Gasteiger partial charge is 0.144 e. The standard InChI is InChI=1S/C11H11BrS/c1-3-8-7(2)9-4-5-13-11(9)6-10(8)12/h4-6H,3H2,1-2H3. The van der Waals surface area contributed by atoms with Crippen molar-refractivity contribution < 1.29 is 0 Å². The first-order valence-electron chi connectivity index (χ1n) is 4.39. The normalized spacial score (nSPS) is 11.0. The quantitative estimate of drug-likeness (QED) is 0.702. The van der Waals surface area contributed by atoms with Gasteiger partial charge in [-0.3, -0.25) is 0 Å². The van der Waals surface area contributed by atoms with Crippen LogP contribution >= 0.6 is 27.3 Å². The molecule has 1 aromatic heterocycles. The fourth-order valence-electron chi connectivity index (χ4n) is 1.72. The Morgan fingerprint density at radius 2 is 2.23 bits per heavy atom. The van der Waals surface area contributed by atoms with Crippen LogP contribution < -0.4 is 0 Å². The van der Waals surface area contributed by atoms with Gasteiger partial charge in [0.25, 0.3) is 0 Å². The number of fused-ring (bicyclic) bond motifs is 1. The molecule has 13 heavy (non-hydrogen) atoms. The van der Waals surface area contributed by atoms with Crippen molar-refractivity contribution in [2.24, 2.45) is 0 Å². The minimum atomic E-state index is 1.10. The zero-order chi connectivity index (χ0) is 9.42. The Hall–Kier alpha value is -0.340. The van der Waals surface area contributed by atoms with Crippen molar-refractivity contribution in [1.82, 2.24) is 0 Å². The van der Waals surface area contributed by atoms with E-state index in [9.17, 15) is 0 Å². The summed E-state index contributed by atoms with van der Waals surface area (Å²) in [7, 11) is 0. The molecule has 0 spiro atoms. The molecule has 2 heteroatoms. The predicted molar refractivity (Wildman–Crippen MR) is 63.6 cm³/mol. The maximum Gasteiger partial charge on any atom is 0.0356 e. The van der Waals surface area contributed by atoms with E-state index in [0.29, 0.717) is 0 Å². The Morgan fingerprint density at radius 1 is 1.46 bits per heavy atom. The van der Waals surface area contributed by atoms with Crippen LogP contribution in [0.25, 0.3) is 10.1 Å². The van der Waals surface area contributed by atoms with Crippen molar-refractivity contribution in [2.75, 3.05) is 0 Å². The molecule has 0 bridgehead atoms. The molecular formula is C11H11BrS. The van der Waals surface area contributed by atoms with Crippen molar-refractivity contribution in [3.63, 3.8) is 0 Å². The van der Waals surface area contributed by atoms with Crippen LogP contribution in [0.3, 0.4) is 0 Å². The molecule has 2 rings (SSSR count). The van der Waals surface area contributed by atoms with Crippen molar-refractivity contribution in [2.45, 2.75) is 20.3 Å². The lowest BCUT2D eigenvalue weighted by molar-refractivity contribution is 1.11. The number of aryl methyl sites for hydroxylation is 1. The van der Waals surface area contributed by atoms with Gasteiger partial charge in [-0.15, -0.1) is 11.3 Å². The molecule has 0 aliphatic carbocycles. The molecular weight excluding hydrogens is 244 g/mol. The summed E-state index contributed by atoms with van der Waals surface area (Å²) in [5, 5.41) is 3.56. The number of halogens is 1. The fourth-order valence-corrected chi connectivity index (χ4v) is 3.56. The van der Waals surface area contributed by atoms with Crippen LogP contribution in [0.2, 0.25) is 0 Å². The van der Waals surface area contributed by atoms with E-state index in [4.69, 9.17) is 0 Å². The van der Waals surface area contributed by atoms with Gasteiger partial charge in [0.05, 0.1) is 0 Å². The van der Waals surface area contributed by atoms with Gasteiger partial charge in [-0.25, -0.2) is 0 Å². The summed E-state index contributed by atoms with van der Waals surface area (Å²) in [5.41, 5.74) is 2.86. The molecule has 0 aliphatic rings. The van der Waals surface area contributed by atoms with E-state index in [-0.39, 0.29) is 0 Å². The van der Waals surface area contributed by atoms with Crippen LogP contribution in [0.1, 0.15) is 18.1 Å². The average molecular weight is 255 g/mol. The maximum absolute atomic E-state index is 3.62. The number of rotatable bonds is 1. The van der Waals surface area contributed by atoms with E-state index in [0.717, 1.165) is 6.42 Å². The second kappa shape index (κ2) is 3.43. The second-order valence-electron chi connectivity index (χ2n) is 3.15. The summed E-state index contributed by atoms with van der Waals surface area (Å²) in [5.74, 6) is 0. The molecule has 0 atom stereocenters. The van der Waals surface area contributed by atoms with E-state index >= 15 is 0 Å². The highest BCUT2D eigenvalue weighted by molar-refractivity contribution is 9.10. The Balaban J connectivity index is 2.85. The van der Waals surface area contributed by atoms with Crippen LogP contribution in [0.5, 0.6) is 0 Å². The zero-order valence-corrected chi connectivity index (χ0v) is 10.1. The number of thiophene rings is 1. The third-order valence-electron chi connectivity index (χ3n) is 2.45. The van der Waals surface area contributed by atoms with E-state index in [1.807, 2.05) is 0 Å². The molecule has 1 heterocycles. The molecule has 1 aromatic carbocycles. The summed E-state index contributed by atoms with van der Waals surface area (Å²) in [6.45, 7) is 4.41. The van der Waals surface area contributed by atoms with E-state index < -0.39 is 0 Å². The first kappa shape index (κ1) is 9.22. The minimum absolute atomic E-state index is 1.10. The molecule has 0 aliphatic heterocycles. The van der Waals surface area contributed by atoms with Crippen molar-refractivity contribution in [3.8, 4) is 0 Å². The summed E-state index contributed by atoms with van der Waals surface area (Å²) >= 11 is 5.42. The molecule has 68 valence electrons. The molecule has 2 aromatic rings. The summed E-state index contributed by atoms with van der Waals surface area (Å²) < 4.78 is 2.63. The van der Waals surface area contributed by atoms with Gasteiger partial charge in [0.1, 0.15) is 0 Å². The van der Waals surface area contributed by atoms with E-state index in [1.165, 1.54) is 25.7 Å². The van der Waals surface area contributed by atoms with Gasteiger partial charge < -0.3 is 0 Å². The molecule has 0 unspecified atom stereocenters. The minimum Gasteiger partial charge on any atom is -0.144 e. The van der Waals surface area contributed by atoms with Crippen LogP contribution in [0.4, 0.5) is 0 Å². The predicted octanol–water partition coefficient (Wildman–Crippen LogP) is 4.53. The van der Waals surface area contributed by atoms with Crippen molar-refractivity contribution in [1.29, 1.82) is 0 Å². The summed E-state index contributed by atoms with van der Waals surface area (Å²) in [6, 6.07) is 4.44. The number of hydrogen-bond donors (Lipinski definition) is 0. The molecule has 0 N–H and O–H groups in total. The van der Waals surface area contributed by atoms with Gasteiger partial charge in [-0.1, -0.05) is 22.9 Å². The highest BCUT2D eigenvalue weighted by atomic mass is 79.9. The summed E-state index contributed by atoms with van der Waals surface area (Å²) in [4.78, 5) is 0. The highest BCUT2D eigenvalue weighted by Crippen LogP contribution is 2.32. The topological polar surface area (TPSA) is 0 Å². The fraction of sp³-hybridized carbons (Fsp3) is 0.273. The maximum atomic E-state index is 3.62. The van der Waals surface area contributed by atoms with Gasteiger partial charge in [-0.05, 0) is 47.4 Å². The zero-order valence-electron chi connectivity index (χ0n) is 7.73. The smallest absolute Gasteiger partial charge is 0.0356 e. The van der Waals surface area contributed by atoms with Gasteiger partial charge in [0.15, 0.2) is 0 Å². The third kappa shape index (κ3) is 1.42.